The minimum Gasteiger partial charge on any atom is -0.494 e. The van der Waals surface area contributed by atoms with Crippen LogP contribution < -0.4 is 19.1 Å². The minimum absolute atomic E-state index is 0.0197. The molecule has 8 heteroatoms. The second-order valence-electron chi connectivity index (χ2n) is 10.1. The molecule has 0 radical (unpaired) electrons. The summed E-state index contributed by atoms with van der Waals surface area (Å²) < 4.78 is 17.7. The van der Waals surface area contributed by atoms with Gasteiger partial charge in [0.1, 0.15) is 11.5 Å². The Kier molecular flexibility index (Phi) is 10.3. The molecule has 0 amide bonds. The van der Waals surface area contributed by atoms with E-state index in [-0.39, 0.29) is 13.0 Å². The summed E-state index contributed by atoms with van der Waals surface area (Å²) in [6.07, 6.45) is 5.02. The number of carbonyl (C=O) groups is 2. The molecule has 0 saturated carbocycles. The molecule has 8 nitrogen and oxygen atoms in total. The van der Waals surface area contributed by atoms with E-state index in [4.69, 9.17) is 19.3 Å². The topological polar surface area (TPSA) is 106 Å². The molecule has 216 valence electrons. The highest BCUT2D eigenvalue weighted by Gasteiger charge is 2.31. The lowest BCUT2D eigenvalue weighted by atomic mass is 10.1. The lowest BCUT2D eigenvalue weighted by Crippen LogP contribution is -2.45. The summed E-state index contributed by atoms with van der Waals surface area (Å²) in [6, 6.07) is 19.6. The van der Waals surface area contributed by atoms with Gasteiger partial charge in [0.25, 0.3) is 0 Å². The van der Waals surface area contributed by atoms with E-state index in [9.17, 15) is 14.7 Å². The number of unbranched alkanes of at least 4 members (excludes halogenated alkanes) is 1. The molecule has 1 aliphatic rings. The first-order valence-corrected chi connectivity index (χ1v) is 13.9. The van der Waals surface area contributed by atoms with Gasteiger partial charge < -0.3 is 29.3 Å². The minimum atomic E-state index is -1.05. The number of aliphatic carboxylic acids is 2. The number of anilines is 1. The number of para-hydroxylation sites is 2. The number of carboxylic acids is 2. The second-order valence-corrected chi connectivity index (χ2v) is 10.1. The van der Waals surface area contributed by atoms with Gasteiger partial charge in [-0.15, -0.1) is 0 Å². The van der Waals surface area contributed by atoms with Gasteiger partial charge in [-0.05, 0) is 68.0 Å². The van der Waals surface area contributed by atoms with Gasteiger partial charge in [0.15, 0.2) is 5.75 Å². The van der Waals surface area contributed by atoms with Gasteiger partial charge in [-0.1, -0.05) is 54.6 Å². The monoisotopic (exact) mass is 559 g/mol. The first kappa shape index (κ1) is 29.5. The average Bonchev–Trinajstić information content (AvgIpc) is 2.95. The Morgan fingerprint density at radius 2 is 1.59 bits per heavy atom. The van der Waals surface area contributed by atoms with Crippen LogP contribution in [0.3, 0.4) is 0 Å². The molecule has 1 heterocycles. The molecule has 0 fully saturated rings. The van der Waals surface area contributed by atoms with E-state index in [0.717, 1.165) is 52.3 Å². The number of hydrogen-bond donors (Lipinski definition) is 2. The van der Waals surface area contributed by atoms with E-state index in [1.807, 2.05) is 65.6 Å². The molecule has 1 atom stereocenters. The summed E-state index contributed by atoms with van der Waals surface area (Å²) in [5, 5.41) is 18.6. The number of aryl methyl sites for hydroxylation is 2. The van der Waals surface area contributed by atoms with Crippen molar-refractivity contribution in [1.29, 1.82) is 0 Å². The van der Waals surface area contributed by atoms with Crippen LogP contribution in [0.4, 0.5) is 5.69 Å². The van der Waals surface area contributed by atoms with Crippen molar-refractivity contribution >= 4 is 29.8 Å². The lowest BCUT2D eigenvalue weighted by molar-refractivity contribution is -0.145. The summed E-state index contributed by atoms with van der Waals surface area (Å²) in [4.78, 5) is 24.6. The van der Waals surface area contributed by atoms with Gasteiger partial charge in [-0.25, -0.2) is 4.79 Å². The molecule has 2 N–H and O–H groups in total. The molecule has 0 aromatic heterocycles. The Bertz CT molecular complexity index is 1350. The van der Waals surface area contributed by atoms with Crippen LogP contribution in [0.2, 0.25) is 0 Å². The molecule has 3 aromatic carbocycles. The molecule has 0 spiro atoms. The zero-order chi connectivity index (χ0) is 29.2. The molecule has 4 rings (SSSR count). The normalized spacial score (nSPS) is 14.4. The van der Waals surface area contributed by atoms with E-state index >= 15 is 0 Å². The number of nitrogens with zero attached hydrogens (tertiary/aromatic N) is 1. The molecule has 0 saturated heterocycles. The fraction of sp³-hybridized carbons (Fsp3) is 0.333. The van der Waals surface area contributed by atoms with Crippen LogP contribution in [0, 0.1) is 13.8 Å². The fourth-order valence-corrected chi connectivity index (χ4v) is 4.75. The maximum Gasteiger partial charge on any atom is 0.346 e. The van der Waals surface area contributed by atoms with Crippen molar-refractivity contribution in [1.82, 2.24) is 0 Å². The third-order valence-electron chi connectivity index (χ3n) is 6.90. The zero-order valence-corrected chi connectivity index (χ0v) is 23.5. The van der Waals surface area contributed by atoms with Crippen LogP contribution in [0.1, 0.15) is 47.9 Å². The first-order valence-electron chi connectivity index (χ1n) is 13.9. The molecule has 41 heavy (non-hydrogen) atoms. The summed E-state index contributed by atoms with van der Waals surface area (Å²) in [6.45, 7) is 5.96. The molecular formula is C33H37NO7. The molecule has 1 aliphatic heterocycles. The highest BCUT2D eigenvalue weighted by molar-refractivity contribution is 5.81. The zero-order valence-electron chi connectivity index (χ0n) is 23.5. The van der Waals surface area contributed by atoms with E-state index in [0.29, 0.717) is 31.9 Å². The smallest absolute Gasteiger partial charge is 0.346 e. The van der Waals surface area contributed by atoms with Gasteiger partial charge in [-0.3, -0.25) is 4.79 Å². The van der Waals surface area contributed by atoms with Crippen LogP contribution in [-0.4, -0.2) is 54.6 Å². The predicted octanol–water partition coefficient (Wildman–Crippen LogP) is 6.23. The number of hydrogen-bond acceptors (Lipinski definition) is 6. The van der Waals surface area contributed by atoms with Crippen molar-refractivity contribution < 1.29 is 34.0 Å². The van der Waals surface area contributed by atoms with Gasteiger partial charge >= 0.3 is 11.9 Å². The van der Waals surface area contributed by atoms with Crippen molar-refractivity contribution in [2.75, 3.05) is 31.2 Å². The quantitative estimate of drug-likeness (QED) is 0.177. The summed E-state index contributed by atoms with van der Waals surface area (Å²) in [5.41, 5.74) is 4.77. The SMILES string of the molecule is Cc1cccc(C)c1OCCCCOc1ccc(C=Cc2cccc3c2OC(C(=O)O)CN3CCCC(=O)O)cc1. The van der Waals surface area contributed by atoms with Crippen molar-refractivity contribution in [3.63, 3.8) is 0 Å². The van der Waals surface area contributed by atoms with Crippen molar-refractivity contribution in [2.24, 2.45) is 0 Å². The maximum absolute atomic E-state index is 11.7. The van der Waals surface area contributed by atoms with Gasteiger partial charge in [0.2, 0.25) is 6.10 Å². The molecular weight excluding hydrogens is 522 g/mol. The largest absolute Gasteiger partial charge is 0.494 e. The van der Waals surface area contributed by atoms with Crippen LogP contribution in [0.5, 0.6) is 17.2 Å². The Labute approximate surface area is 240 Å². The maximum atomic E-state index is 11.7. The van der Waals surface area contributed by atoms with Crippen molar-refractivity contribution in [2.45, 2.75) is 45.6 Å². The van der Waals surface area contributed by atoms with Crippen molar-refractivity contribution in [3.05, 3.63) is 82.9 Å². The van der Waals surface area contributed by atoms with E-state index in [1.165, 1.54) is 0 Å². The molecule has 1 unspecified atom stereocenters. The third-order valence-corrected chi connectivity index (χ3v) is 6.90. The Balaban J connectivity index is 1.31. The highest BCUT2D eigenvalue weighted by atomic mass is 16.5. The number of carboxylic acid groups (broad SMARTS) is 2. The van der Waals surface area contributed by atoms with E-state index in [1.54, 1.807) is 0 Å². The Morgan fingerprint density at radius 1 is 0.902 bits per heavy atom. The van der Waals surface area contributed by atoms with Crippen LogP contribution in [0.25, 0.3) is 12.2 Å². The van der Waals surface area contributed by atoms with Crippen LogP contribution in [-0.2, 0) is 9.59 Å². The summed E-state index contributed by atoms with van der Waals surface area (Å²) >= 11 is 0. The Hall–Kier alpha value is -4.46. The molecule has 0 aliphatic carbocycles. The second kappa shape index (κ2) is 14.3. The molecule has 0 bridgehead atoms. The van der Waals surface area contributed by atoms with Crippen molar-refractivity contribution in [3.8, 4) is 17.2 Å². The summed E-state index contributed by atoms with van der Waals surface area (Å²) in [5.74, 6) is 0.315. The van der Waals surface area contributed by atoms with Gasteiger partial charge in [0.05, 0.1) is 25.4 Å². The predicted molar refractivity (Wildman–Crippen MR) is 159 cm³/mol. The third kappa shape index (κ3) is 8.27. The summed E-state index contributed by atoms with van der Waals surface area (Å²) in [7, 11) is 0. The fourth-order valence-electron chi connectivity index (χ4n) is 4.75. The standard InChI is InChI=1S/C33H37NO7/c1-23-8-5-9-24(2)31(23)40-21-4-3-20-39-27-17-14-25(15-18-27)13-16-26-10-6-11-28-32(26)41-29(33(37)38)22-34(28)19-7-12-30(35)36/h5-6,8-11,13-18,29H,3-4,7,12,19-22H2,1-2H3,(H,35,36)(H,37,38). The number of fused-ring (bicyclic) bond motifs is 1. The van der Waals surface area contributed by atoms with E-state index in [2.05, 4.69) is 26.0 Å². The van der Waals surface area contributed by atoms with E-state index < -0.39 is 18.0 Å². The first-order chi connectivity index (χ1) is 19.8. The van der Waals surface area contributed by atoms with Crippen LogP contribution >= 0.6 is 0 Å². The van der Waals surface area contributed by atoms with Gasteiger partial charge in [-0.2, -0.15) is 0 Å². The highest BCUT2D eigenvalue weighted by Crippen LogP contribution is 2.38. The number of ether oxygens (including phenoxy) is 3. The molecule has 3 aromatic rings. The Morgan fingerprint density at radius 3 is 2.27 bits per heavy atom. The number of rotatable bonds is 14. The number of benzene rings is 3. The average molecular weight is 560 g/mol. The van der Waals surface area contributed by atoms with Crippen LogP contribution in [0.15, 0.2) is 60.7 Å². The lowest BCUT2D eigenvalue weighted by Gasteiger charge is -2.35. The van der Waals surface area contributed by atoms with Gasteiger partial charge in [0, 0.05) is 18.5 Å².